The van der Waals surface area contributed by atoms with Gasteiger partial charge in [-0.1, -0.05) is 30.4 Å². The van der Waals surface area contributed by atoms with Crippen molar-refractivity contribution in [3.8, 4) is 11.5 Å². The fourth-order valence-corrected chi connectivity index (χ4v) is 2.43. The molecule has 0 aliphatic carbocycles. The normalized spacial score (nSPS) is 10.7. The Morgan fingerprint density at radius 2 is 1.74 bits per heavy atom. The van der Waals surface area contributed by atoms with Crippen LogP contribution in [0.5, 0.6) is 11.5 Å². The van der Waals surface area contributed by atoms with Gasteiger partial charge < -0.3 is 9.47 Å². The molecule has 0 spiro atoms. The molecule has 27 heavy (non-hydrogen) atoms. The summed E-state index contributed by atoms with van der Waals surface area (Å²) in [4.78, 5) is 16.2. The molecular weight excluding hydrogens is 345 g/mol. The monoisotopic (exact) mass is 363 g/mol. The quantitative estimate of drug-likeness (QED) is 0.456. The molecule has 0 radical (unpaired) electrons. The number of rotatable bonds is 6. The lowest BCUT2D eigenvalue weighted by Gasteiger charge is -2.11. The third kappa shape index (κ3) is 4.79. The van der Waals surface area contributed by atoms with Crippen molar-refractivity contribution in [3.05, 3.63) is 89.5 Å². The molecule has 5 heteroatoms. The zero-order chi connectivity index (χ0) is 19.1. The number of hydrogen-bond acceptors (Lipinski definition) is 4. The zero-order valence-electron chi connectivity index (χ0n) is 14.8. The highest BCUT2D eigenvalue weighted by atomic mass is 19.1. The number of pyridine rings is 1. The summed E-state index contributed by atoms with van der Waals surface area (Å²) in [6.45, 7) is 2.24. The Bertz CT molecular complexity index is 955. The second-order valence-electron chi connectivity index (χ2n) is 5.62. The van der Waals surface area contributed by atoms with Crippen molar-refractivity contribution in [1.82, 2.24) is 4.98 Å². The Kier molecular flexibility index (Phi) is 5.94. The average molecular weight is 363 g/mol. The van der Waals surface area contributed by atoms with Crippen LogP contribution in [0.25, 0.3) is 12.2 Å². The molecule has 2 aromatic carbocycles. The molecule has 0 saturated carbocycles. The van der Waals surface area contributed by atoms with Crippen LogP contribution in [-0.2, 0) is 0 Å². The van der Waals surface area contributed by atoms with Crippen molar-refractivity contribution in [2.75, 3.05) is 6.61 Å². The molecule has 1 aromatic heterocycles. The predicted octanol–water partition coefficient (Wildman–Crippen LogP) is 5.01. The SMILES string of the molecule is CCOc1cc(/C=C/c2ccncc2)ccc1OC(=O)c1ccccc1F. The Hall–Kier alpha value is -3.47. The first-order chi connectivity index (χ1) is 13.2. The zero-order valence-corrected chi connectivity index (χ0v) is 14.8. The van der Waals surface area contributed by atoms with Crippen LogP contribution in [0.15, 0.2) is 67.0 Å². The van der Waals surface area contributed by atoms with Gasteiger partial charge in [0.1, 0.15) is 5.82 Å². The maximum absolute atomic E-state index is 13.8. The maximum atomic E-state index is 13.8. The van der Waals surface area contributed by atoms with E-state index >= 15 is 0 Å². The fourth-order valence-electron chi connectivity index (χ4n) is 2.43. The van der Waals surface area contributed by atoms with Crippen molar-refractivity contribution in [2.24, 2.45) is 0 Å². The van der Waals surface area contributed by atoms with Gasteiger partial charge in [0.2, 0.25) is 0 Å². The molecule has 3 rings (SSSR count). The molecule has 0 amide bonds. The van der Waals surface area contributed by atoms with E-state index in [9.17, 15) is 9.18 Å². The highest BCUT2D eigenvalue weighted by Gasteiger charge is 2.16. The molecule has 0 aliphatic heterocycles. The second kappa shape index (κ2) is 8.76. The van der Waals surface area contributed by atoms with Crippen LogP contribution < -0.4 is 9.47 Å². The number of hydrogen-bond donors (Lipinski definition) is 0. The topological polar surface area (TPSA) is 48.4 Å². The van der Waals surface area contributed by atoms with Crippen LogP contribution in [0.2, 0.25) is 0 Å². The third-order valence-corrected chi connectivity index (χ3v) is 3.74. The lowest BCUT2D eigenvalue weighted by Crippen LogP contribution is -2.11. The second-order valence-corrected chi connectivity index (χ2v) is 5.62. The van der Waals surface area contributed by atoms with Gasteiger partial charge in [-0.25, -0.2) is 9.18 Å². The van der Waals surface area contributed by atoms with Gasteiger partial charge in [-0.2, -0.15) is 0 Å². The molecule has 4 nitrogen and oxygen atoms in total. The number of halogens is 1. The van der Waals surface area contributed by atoms with Crippen LogP contribution in [-0.4, -0.2) is 17.6 Å². The molecule has 1 heterocycles. The van der Waals surface area contributed by atoms with E-state index in [1.807, 2.05) is 31.2 Å². The Balaban J connectivity index is 1.82. The Morgan fingerprint density at radius 1 is 1.00 bits per heavy atom. The largest absolute Gasteiger partial charge is 0.490 e. The van der Waals surface area contributed by atoms with Gasteiger partial charge in [-0.3, -0.25) is 4.98 Å². The van der Waals surface area contributed by atoms with Gasteiger partial charge >= 0.3 is 5.97 Å². The van der Waals surface area contributed by atoms with Crippen molar-refractivity contribution in [1.29, 1.82) is 0 Å². The van der Waals surface area contributed by atoms with Crippen LogP contribution >= 0.6 is 0 Å². The van der Waals surface area contributed by atoms with Crippen molar-refractivity contribution in [3.63, 3.8) is 0 Å². The van der Waals surface area contributed by atoms with Crippen molar-refractivity contribution >= 4 is 18.1 Å². The van der Waals surface area contributed by atoms with Gasteiger partial charge in [-0.15, -0.1) is 0 Å². The van der Waals surface area contributed by atoms with Gasteiger partial charge in [-0.05, 0) is 54.4 Å². The first-order valence-electron chi connectivity index (χ1n) is 8.49. The van der Waals surface area contributed by atoms with Gasteiger partial charge in [0.05, 0.1) is 12.2 Å². The number of aromatic nitrogens is 1. The summed E-state index contributed by atoms with van der Waals surface area (Å²) >= 11 is 0. The van der Waals surface area contributed by atoms with E-state index in [0.717, 1.165) is 11.1 Å². The minimum Gasteiger partial charge on any atom is -0.490 e. The smallest absolute Gasteiger partial charge is 0.346 e. The lowest BCUT2D eigenvalue weighted by atomic mass is 10.1. The highest BCUT2D eigenvalue weighted by molar-refractivity contribution is 5.91. The van der Waals surface area contributed by atoms with E-state index in [0.29, 0.717) is 12.4 Å². The van der Waals surface area contributed by atoms with Crippen molar-refractivity contribution in [2.45, 2.75) is 6.92 Å². The summed E-state index contributed by atoms with van der Waals surface area (Å²) in [5, 5.41) is 0. The van der Waals surface area contributed by atoms with E-state index in [1.54, 1.807) is 36.7 Å². The molecule has 0 fully saturated rings. The first-order valence-corrected chi connectivity index (χ1v) is 8.49. The maximum Gasteiger partial charge on any atom is 0.346 e. The first kappa shape index (κ1) is 18.3. The van der Waals surface area contributed by atoms with Gasteiger partial charge in [0.25, 0.3) is 0 Å². The van der Waals surface area contributed by atoms with Crippen LogP contribution in [0, 0.1) is 5.82 Å². The number of benzene rings is 2. The molecule has 0 N–H and O–H groups in total. The molecule has 0 aliphatic rings. The summed E-state index contributed by atoms with van der Waals surface area (Å²) < 4.78 is 24.7. The van der Waals surface area contributed by atoms with Crippen LogP contribution in [0.1, 0.15) is 28.4 Å². The fraction of sp³-hybridized carbons (Fsp3) is 0.0909. The average Bonchev–Trinajstić information content (AvgIpc) is 2.69. The van der Waals surface area contributed by atoms with E-state index in [4.69, 9.17) is 9.47 Å². The summed E-state index contributed by atoms with van der Waals surface area (Å²) in [5.41, 5.74) is 1.76. The Morgan fingerprint density at radius 3 is 2.48 bits per heavy atom. The molecule has 0 atom stereocenters. The molecule has 0 saturated heterocycles. The summed E-state index contributed by atoms with van der Waals surface area (Å²) in [7, 11) is 0. The van der Waals surface area contributed by atoms with Gasteiger partial charge in [0, 0.05) is 12.4 Å². The van der Waals surface area contributed by atoms with Crippen LogP contribution in [0.4, 0.5) is 4.39 Å². The standard InChI is InChI=1S/C22H18FNO3/c1-2-26-21-15-17(8-7-16-11-13-24-14-12-16)9-10-20(21)27-22(25)18-5-3-4-6-19(18)23/h3-15H,2H2,1H3/b8-7+. The summed E-state index contributed by atoms with van der Waals surface area (Å²) in [5.74, 6) is -0.739. The van der Waals surface area contributed by atoms with Crippen molar-refractivity contribution < 1.29 is 18.7 Å². The van der Waals surface area contributed by atoms with E-state index in [2.05, 4.69) is 4.98 Å². The molecule has 136 valence electrons. The number of carbonyl (C=O) groups is 1. The summed E-state index contributed by atoms with van der Waals surface area (Å²) in [6, 6.07) is 14.7. The van der Waals surface area contributed by atoms with Crippen LogP contribution in [0.3, 0.4) is 0 Å². The Labute approximate surface area is 156 Å². The van der Waals surface area contributed by atoms with E-state index in [-0.39, 0.29) is 11.3 Å². The molecule has 0 unspecified atom stereocenters. The summed E-state index contributed by atoms with van der Waals surface area (Å²) in [6.07, 6.45) is 7.30. The number of nitrogens with zero attached hydrogens (tertiary/aromatic N) is 1. The molecular formula is C22H18FNO3. The minimum absolute atomic E-state index is 0.124. The number of ether oxygens (including phenoxy) is 2. The molecule has 0 bridgehead atoms. The molecule has 3 aromatic rings. The third-order valence-electron chi connectivity index (χ3n) is 3.74. The predicted molar refractivity (Wildman–Crippen MR) is 102 cm³/mol. The number of esters is 1. The highest BCUT2D eigenvalue weighted by Crippen LogP contribution is 2.30. The van der Waals surface area contributed by atoms with E-state index in [1.165, 1.54) is 18.2 Å². The van der Waals surface area contributed by atoms with E-state index < -0.39 is 11.8 Å². The minimum atomic E-state index is -0.769. The number of carbonyl (C=O) groups excluding carboxylic acids is 1. The van der Waals surface area contributed by atoms with Gasteiger partial charge in [0.15, 0.2) is 11.5 Å². The lowest BCUT2D eigenvalue weighted by molar-refractivity contribution is 0.0723.